The van der Waals surface area contributed by atoms with Crippen molar-refractivity contribution in [1.82, 2.24) is 4.90 Å². The Hall–Kier alpha value is -3.12. The van der Waals surface area contributed by atoms with Crippen LogP contribution >= 0.6 is 11.6 Å². The molecule has 3 aliphatic rings. The average Bonchev–Trinajstić information content (AvgIpc) is 3.22. The van der Waals surface area contributed by atoms with Crippen LogP contribution in [0.25, 0.3) is 6.08 Å². The van der Waals surface area contributed by atoms with Crippen LogP contribution in [0, 0.1) is 11.8 Å². The van der Waals surface area contributed by atoms with Crippen LogP contribution in [0.15, 0.2) is 54.6 Å². The smallest absolute Gasteiger partial charge is 0.247 e. The molecule has 3 heterocycles. The summed E-state index contributed by atoms with van der Waals surface area (Å²) in [6, 6.07) is 13.4. The second kappa shape index (κ2) is 7.20. The second-order valence-corrected chi connectivity index (χ2v) is 9.93. The van der Waals surface area contributed by atoms with Crippen molar-refractivity contribution < 1.29 is 14.4 Å². The summed E-state index contributed by atoms with van der Waals surface area (Å²) >= 11 is 5.97. The summed E-state index contributed by atoms with van der Waals surface area (Å²) in [5.74, 6) is -2.17. The molecule has 0 aromatic heterocycles. The number of anilines is 2. The maximum absolute atomic E-state index is 13.6. The zero-order chi connectivity index (χ0) is 22.8. The molecule has 2 saturated heterocycles. The van der Waals surface area contributed by atoms with Crippen LogP contribution in [-0.4, -0.2) is 40.2 Å². The number of nitrogens with one attached hydrogen (secondary N) is 1. The van der Waals surface area contributed by atoms with Gasteiger partial charge in [0, 0.05) is 21.9 Å². The van der Waals surface area contributed by atoms with Crippen LogP contribution in [0.3, 0.4) is 0 Å². The average molecular weight is 450 g/mol. The minimum absolute atomic E-state index is 0.215. The molecule has 0 radical (unpaired) electrons. The molecular formula is C25H24ClN3O3. The molecule has 0 saturated carbocycles. The number of halogens is 1. The zero-order valence-electron chi connectivity index (χ0n) is 18.1. The second-order valence-electron chi connectivity index (χ2n) is 9.49. The maximum atomic E-state index is 13.6. The number of imide groups is 1. The van der Waals surface area contributed by atoms with Crippen LogP contribution in [0.5, 0.6) is 0 Å². The molecule has 2 fully saturated rings. The summed E-state index contributed by atoms with van der Waals surface area (Å²) in [4.78, 5) is 44.0. The highest BCUT2D eigenvalue weighted by Gasteiger charge is 2.65. The lowest BCUT2D eigenvalue weighted by atomic mass is 9.88. The SMILES string of the molecule is CC(C)(C)N1C(=O)[C@@H]2[C@H](C1=O)[C@@H](C(=O)Nc1ccc(Cl)cc1)N1c3ccccc3C=C[C@H]21. The molecule has 3 amide bonds. The first-order chi connectivity index (χ1) is 15.2. The van der Waals surface area contributed by atoms with Gasteiger partial charge in [0.25, 0.3) is 0 Å². The molecule has 4 atom stereocenters. The van der Waals surface area contributed by atoms with Crippen LogP contribution in [0.4, 0.5) is 11.4 Å². The number of para-hydroxylation sites is 1. The Bertz CT molecular complexity index is 1150. The van der Waals surface area contributed by atoms with Crippen molar-refractivity contribution in [2.24, 2.45) is 11.8 Å². The van der Waals surface area contributed by atoms with Gasteiger partial charge in [0.15, 0.2) is 0 Å². The van der Waals surface area contributed by atoms with E-state index < -0.39 is 23.4 Å². The van der Waals surface area contributed by atoms with Gasteiger partial charge < -0.3 is 10.2 Å². The highest BCUT2D eigenvalue weighted by Crippen LogP contribution is 2.49. The van der Waals surface area contributed by atoms with E-state index in [0.717, 1.165) is 11.3 Å². The van der Waals surface area contributed by atoms with E-state index >= 15 is 0 Å². The van der Waals surface area contributed by atoms with Gasteiger partial charge in [0.2, 0.25) is 17.7 Å². The number of hydrogen-bond acceptors (Lipinski definition) is 4. The van der Waals surface area contributed by atoms with Crippen LogP contribution in [0.1, 0.15) is 26.3 Å². The lowest BCUT2D eigenvalue weighted by molar-refractivity contribution is -0.146. The molecule has 5 rings (SSSR count). The predicted octanol–water partition coefficient (Wildman–Crippen LogP) is 3.96. The zero-order valence-corrected chi connectivity index (χ0v) is 18.8. The molecule has 0 aliphatic carbocycles. The summed E-state index contributed by atoms with van der Waals surface area (Å²) < 4.78 is 0. The summed E-state index contributed by atoms with van der Waals surface area (Å²) in [5.41, 5.74) is 1.75. The van der Waals surface area contributed by atoms with Gasteiger partial charge in [-0.15, -0.1) is 0 Å². The van der Waals surface area contributed by atoms with Gasteiger partial charge in [0.05, 0.1) is 17.9 Å². The predicted molar refractivity (Wildman–Crippen MR) is 124 cm³/mol. The van der Waals surface area contributed by atoms with E-state index in [1.54, 1.807) is 24.3 Å². The molecule has 0 spiro atoms. The topological polar surface area (TPSA) is 69.7 Å². The van der Waals surface area contributed by atoms with Crippen molar-refractivity contribution in [3.63, 3.8) is 0 Å². The molecule has 3 aliphatic heterocycles. The minimum Gasteiger partial charge on any atom is -0.351 e. The van der Waals surface area contributed by atoms with Crippen molar-refractivity contribution in [1.29, 1.82) is 0 Å². The van der Waals surface area contributed by atoms with Crippen molar-refractivity contribution >= 4 is 46.8 Å². The Morgan fingerprint density at radius 3 is 2.31 bits per heavy atom. The lowest BCUT2D eigenvalue weighted by Crippen LogP contribution is -2.53. The number of carbonyl (C=O) groups excluding carboxylic acids is 3. The first-order valence-corrected chi connectivity index (χ1v) is 11.1. The van der Waals surface area contributed by atoms with E-state index in [1.165, 1.54) is 4.90 Å². The number of nitrogens with zero attached hydrogens (tertiary/aromatic N) is 2. The first kappa shape index (κ1) is 20.8. The maximum Gasteiger partial charge on any atom is 0.247 e. The summed E-state index contributed by atoms with van der Waals surface area (Å²) in [6.07, 6.45) is 3.93. The molecule has 6 nitrogen and oxygen atoms in total. The van der Waals surface area contributed by atoms with E-state index in [9.17, 15) is 14.4 Å². The molecule has 164 valence electrons. The number of rotatable bonds is 2. The van der Waals surface area contributed by atoms with Crippen molar-refractivity contribution in [2.45, 2.75) is 38.4 Å². The summed E-state index contributed by atoms with van der Waals surface area (Å²) in [7, 11) is 0. The molecule has 2 aromatic rings. The molecule has 2 aromatic carbocycles. The third-order valence-corrected chi connectivity index (χ3v) is 6.72. The highest BCUT2D eigenvalue weighted by molar-refractivity contribution is 6.30. The minimum atomic E-state index is -0.810. The number of hydrogen-bond donors (Lipinski definition) is 1. The molecule has 1 N–H and O–H groups in total. The molecule has 7 heteroatoms. The van der Waals surface area contributed by atoms with Crippen LogP contribution in [0.2, 0.25) is 5.02 Å². The number of carbonyl (C=O) groups is 3. The number of fused-ring (bicyclic) bond motifs is 5. The quantitative estimate of drug-likeness (QED) is 0.704. The third kappa shape index (κ3) is 3.05. The number of likely N-dealkylation sites (tertiary alicyclic amines) is 1. The molecular weight excluding hydrogens is 426 g/mol. The van der Waals surface area contributed by atoms with Gasteiger partial charge in [-0.05, 0) is 56.7 Å². The standard InChI is InChI=1S/C25H24ClN3O3/c1-25(2,3)29-23(31)19-18-13-8-14-6-4-5-7-17(14)28(18)21(20(19)24(29)32)22(30)27-16-11-9-15(26)10-12-16/h4-13,18-21H,1-3H3,(H,27,30)/t18-,19+,20+,21+/m1/s1. The fourth-order valence-corrected chi connectivity index (χ4v) is 5.35. The Kier molecular flexibility index (Phi) is 4.67. The summed E-state index contributed by atoms with van der Waals surface area (Å²) in [5, 5.41) is 3.50. The Morgan fingerprint density at radius 2 is 1.62 bits per heavy atom. The van der Waals surface area contributed by atoms with Crippen molar-refractivity contribution in [3.8, 4) is 0 Å². The fraction of sp³-hybridized carbons (Fsp3) is 0.320. The number of amides is 3. The fourth-order valence-electron chi connectivity index (χ4n) is 5.22. The monoisotopic (exact) mass is 449 g/mol. The van der Waals surface area contributed by atoms with E-state index in [-0.39, 0.29) is 23.8 Å². The van der Waals surface area contributed by atoms with E-state index in [0.29, 0.717) is 10.7 Å². The molecule has 32 heavy (non-hydrogen) atoms. The van der Waals surface area contributed by atoms with Crippen LogP contribution < -0.4 is 10.2 Å². The van der Waals surface area contributed by atoms with E-state index in [1.807, 2.05) is 62.1 Å². The van der Waals surface area contributed by atoms with Crippen molar-refractivity contribution in [3.05, 3.63) is 65.2 Å². The number of benzene rings is 2. The van der Waals surface area contributed by atoms with Crippen molar-refractivity contribution in [2.75, 3.05) is 10.2 Å². The summed E-state index contributed by atoms with van der Waals surface area (Å²) in [6.45, 7) is 5.53. The van der Waals surface area contributed by atoms with E-state index in [4.69, 9.17) is 11.6 Å². The largest absolute Gasteiger partial charge is 0.351 e. The van der Waals surface area contributed by atoms with E-state index in [2.05, 4.69) is 5.32 Å². The van der Waals surface area contributed by atoms with Gasteiger partial charge in [-0.1, -0.05) is 42.0 Å². The van der Waals surface area contributed by atoms with Gasteiger partial charge in [-0.2, -0.15) is 0 Å². The Morgan fingerprint density at radius 1 is 0.969 bits per heavy atom. The normalized spacial score (nSPS) is 26.1. The van der Waals surface area contributed by atoms with Gasteiger partial charge >= 0.3 is 0 Å². The van der Waals surface area contributed by atoms with Gasteiger partial charge in [0.1, 0.15) is 6.04 Å². The Balaban J connectivity index is 1.59. The lowest BCUT2D eigenvalue weighted by Gasteiger charge is -2.38. The molecule has 0 bridgehead atoms. The highest BCUT2D eigenvalue weighted by atomic mass is 35.5. The first-order valence-electron chi connectivity index (χ1n) is 10.7. The van der Waals surface area contributed by atoms with Crippen LogP contribution in [-0.2, 0) is 14.4 Å². The molecule has 0 unspecified atom stereocenters. The third-order valence-electron chi connectivity index (χ3n) is 6.47. The van der Waals surface area contributed by atoms with Gasteiger partial charge in [-0.3, -0.25) is 19.3 Å². The van der Waals surface area contributed by atoms with Gasteiger partial charge in [-0.25, -0.2) is 0 Å². The Labute approximate surface area is 191 Å².